The smallest absolute Gasteiger partial charge is 0.317 e. The summed E-state index contributed by atoms with van der Waals surface area (Å²) in [4.78, 5) is 0. The first-order valence-electron chi connectivity index (χ1n) is 5.55. The molecule has 0 amide bonds. The maximum Gasteiger partial charge on any atom is 0.393 e. The minimum absolute atomic E-state index is 0.0287. The standard InChI is InChI=1S/C10H19F3N2/c1-2-4-14-5-3-9-6-8(7-15-9)10(11,12)13/h8-9,14-15H,2-7H2,1H3. The molecular formula is C10H19F3N2. The summed E-state index contributed by atoms with van der Waals surface area (Å²) >= 11 is 0. The third-order valence-corrected chi connectivity index (χ3v) is 2.78. The summed E-state index contributed by atoms with van der Waals surface area (Å²) in [6, 6.07) is 0.0287. The van der Waals surface area contributed by atoms with E-state index in [2.05, 4.69) is 17.6 Å². The molecule has 0 aromatic rings. The van der Waals surface area contributed by atoms with Gasteiger partial charge in [-0.1, -0.05) is 6.92 Å². The van der Waals surface area contributed by atoms with E-state index in [0.717, 1.165) is 25.9 Å². The van der Waals surface area contributed by atoms with Gasteiger partial charge in [0.1, 0.15) is 0 Å². The fraction of sp³-hybridized carbons (Fsp3) is 1.00. The summed E-state index contributed by atoms with van der Waals surface area (Å²) in [6.45, 7) is 3.90. The highest BCUT2D eigenvalue weighted by Gasteiger charge is 2.43. The SMILES string of the molecule is CCCNCCC1CC(C(F)(F)F)CN1. The van der Waals surface area contributed by atoms with Crippen LogP contribution in [0.3, 0.4) is 0 Å². The second-order valence-corrected chi connectivity index (χ2v) is 4.12. The summed E-state index contributed by atoms with van der Waals surface area (Å²) in [5.41, 5.74) is 0. The second-order valence-electron chi connectivity index (χ2n) is 4.12. The Labute approximate surface area is 88.6 Å². The van der Waals surface area contributed by atoms with Crippen LogP contribution in [0.25, 0.3) is 0 Å². The van der Waals surface area contributed by atoms with E-state index in [1.807, 2.05) is 0 Å². The average molecular weight is 224 g/mol. The Kier molecular flexibility index (Phi) is 4.86. The lowest BCUT2D eigenvalue weighted by Crippen LogP contribution is -2.27. The molecule has 0 radical (unpaired) electrons. The fourth-order valence-electron chi connectivity index (χ4n) is 1.87. The van der Waals surface area contributed by atoms with Crippen LogP contribution in [-0.4, -0.2) is 31.9 Å². The summed E-state index contributed by atoms with van der Waals surface area (Å²) in [7, 11) is 0. The molecule has 2 N–H and O–H groups in total. The predicted octanol–water partition coefficient (Wildman–Crippen LogP) is 1.92. The van der Waals surface area contributed by atoms with Gasteiger partial charge in [-0.2, -0.15) is 13.2 Å². The Balaban J connectivity index is 2.14. The van der Waals surface area contributed by atoms with Crippen LogP contribution in [0.1, 0.15) is 26.2 Å². The van der Waals surface area contributed by atoms with Crippen molar-refractivity contribution < 1.29 is 13.2 Å². The molecule has 0 bridgehead atoms. The molecule has 1 aliphatic heterocycles. The van der Waals surface area contributed by atoms with Gasteiger partial charge in [0, 0.05) is 12.6 Å². The number of hydrogen-bond acceptors (Lipinski definition) is 2. The molecule has 1 heterocycles. The summed E-state index contributed by atoms with van der Waals surface area (Å²) in [6.07, 6.45) is -1.95. The zero-order valence-electron chi connectivity index (χ0n) is 9.03. The molecule has 1 fully saturated rings. The van der Waals surface area contributed by atoms with Crippen molar-refractivity contribution in [2.24, 2.45) is 5.92 Å². The van der Waals surface area contributed by atoms with Crippen molar-refractivity contribution in [2.75, 3.05) is 19.6 Å². The molecule has 0 aromatic carbocycles. The van der Waals surface area contributed by atoms with E-state index in [1.54, 1.807) is 0 Å². The molecule has 5 heteroatoms. The van der Waals surface area contributed by atoms with Gasteiger partial charge in [-0.15, -0.1) is 0 Å². The Morgan fingerprint density at radius 3 is 2.60 bits per heavy atom. The first kappa shape index (κ1) is 12.8. The van der Waals surface area contributed by atoms with Gasteiger partial charge in [-0.25, -0.2) is 0 Å². The van der Waals surface area contributed by atoms with Crippen LogP contribution in [0.5, 0.6) is 0 Å². The molecule has 2 unspecified atom stereocenters. The van der Waals surface area contributed by atoms with Crippen LogP contribution >= 0.6 is 0 Å². The minimum Gasteiger partial charge on any atom is -0.317 e. The molecule has 0 aliphatic carbocycles. The van der Waals surface area contributed by atoms with Crippen molar-refractivity contribution in [3.05, 3.63) is 0 Å². The molecule has 90 valence electrons. The van der Waals surface area contributed by atoms with Crippen LogP contribution in [0.15, 0.2) is 0 Å². The van der Waals surface area contributed by atoms with Gasteiger partial charge in [0.15, 0.2) is 0 Å². The lowest BCUT2D eigenvalue weighted by molar-refractivity contribution is -0.169. The van der Waals surface area contributed by atoms with Crippen LogP contribution in [0.2, 0.25) is 0 Å². The third kappa shape index (κ3) is 4.38. The van der Waals surface area contributed by atoms with E-state index in [1.165, 1.54) is 0 Å². The first-order chi connectivity index (χ1) is 7.04. The Bertz CT molecular complexity index is 182. The molecule has 1 rings (SSSR count). The quantitative estimate of drug-likeness (QED) is 0.697. The maximum atomic E-state index is 12.3. The Morgan fingerprint density at radius 2 is 2.07 bits per heavy atom. The molecule has 1 aliphatic rings. The number of halogens is 3. The van der Waals surface area contributed by atoms with Gasteiger partial charge >= 0.3 is 6.18 Å². The molecule has 0 aromatic heterocycles. The number of rotatable bonds is 5. The molecule has 0 spiro atoms. The van der Waals surface area contributed by atoms with Crippen molar-refractivity contribution >= 4 is 0 Å². The van der Waals surface area contributed by atoms with Crippen molar-refractivity contribution in [2.45, 2.75) is 38.4 Å². The molecule has 2 atom stereocenters. The van der Waals surface area contributed by atoms with Crippen LogP contribution in [-0.2, 0) is 0 Å². The third-order valence-electron chi connectivity index (χ3n) is 2.78. The topological polar surface area (TPSA) is 24.1 Å². The highest BCUT2D eigenvalue weighted by atomic mass is 19.4. The highest BCUT2D eigenvalue weighted by Crippen LogP contribution is 2.32. The highest BCUT2D eigenvalue weighted by molar-refractivity contribution is 4.85. The first-order valence-corrected chi connectivity index (χ1v) is 5.55. The fourth-order valence-corrected chi connectivity index (χ4v) is 1.87. The van der Waals surface area contributed by atoms with Crippen molar-refractivity contribution in [3.8, 4) is 0 Å². The van der Waals surface area contributed by atoms with Gasteiger partial charge in [0.05, 0.1) is 5.92 Å². The molecular weight excluding hydrogens is 205 g/mol. The lowest BCUT2D eigenvalue weighted by atomic mass is 10.0. The van der Waals surface area contributed by atoms with Gasteiger partial charge in [0.2, 0.25) is 0 Å². The zero-order chi connectivity index (χ0) is 11.3. The number of hydrogen-bond donors (Lipinski definition) is 2. The molecule has 15 heavy (non-hydrogen) atoms. The maximum absolute atomic E-state index is 12.3. The van der Waals surface area contributed by atoms with Crippen molar-refractivity contribution in [1.82, 2.24) is 10.6 Å². The minimum atomic E-state index is -4.03. The Morgan fingerprint density at radius 1 is 1.33 bits per heavy atom. The summed E-state index contributed by atoms with van der Waals surface area (Å²) in [5.74, 6) is -1.14. The van der Waals surface area contributed by atoms with E-state index in [0.29, 0.717) is 0 Å². The normalized spacial score (nSPS) is 27.2. The van der Waals surface area contributed by atoms with E-state index in [9.17, 15) is 13.2 Å². The second kappa shape index (κ2) is 5.70. The number of nitrogens with one attached hydrogen (secondary N) is 2. The van der Waals surface area contributed by atoms with Gasteiger partial charge in [-0.3, -0.25) is 0 Å². The van der Waals surface area contributed by atoms with Gasteiger partial charge in [-0.05, 0) is 32.4 Å². The van der Waals surface area contributed by atoms with Gasteiger partial charge in [0.25, 0.3) is 0 Å². The lowest BCUT2D eigenvalue weighted by Gasteiger charge is -2.13. The van der Waals surface area contributed by atoms with E-state index in [4.69, 9.17) is 0 Å². The summed E-state index contributed by atoms with van der Waals surface area (Å²) < 4.78 is 37.0. The molecule has 1 saturated heterocycles. The monoisotopic (exact) mass is 224 g/mol. The van der Waals surface area contributed by atoms with Crippen LogP contribution in [0.4, 0.5) is 13.2 Å². The molecule has 0 saturated carbocycles. The molecule has 2 nitrogen and oxygen atoms in total. The van der Waals surface area contributed by atoms with Gasteiger partial charge < -0.3 is 10.6 Å². The van der Waals surface area contributed by atoms with Crippen LogP contribution in [0, 0.1) is 5.92 Å². The van der Waals surface area contributed by atoms with Crippen molar-refractivity contribution in [3.63, 3.8) is 0 Å². The van der Waals surface area contributed by atoms with E-state index in [-0.39, 0.29) is 19.0 Å². The zero-order valence-corrected chi connectivity index (χ0v) is 9.03. The average Bonchev–Trinajstić information content (AvgIpc) is 2.60. The van der Waals surface area contributed by atoms with Crippen molar-refractivity contribution in [1.29, 1.82) is 0 Å². The number of alkyl halides is 3. The largest absolute Gasteiger partial charge is 0.393 e. The van der Waals surface area contributed by atoms with Crippen LogP contribution < -0.4 is 10.6 Å². The summed E-state index contributed by atoms with van der Waals surface area (Å²) in [5, 5.41) is 6.12. The Hall–Kier alpha value is -0.290. The van der Waals surface area contributed by atoms with E-state index < -0.39 is 12.1 Å². The van der Waals surface area contributed by atoms with E-state index >= 15 is 0 Å². The predicted molar refractivity (Wildman–Crippen MR) is 53.7 cm³/mol.